The first-order valence-corrected chi connectivity index (χ1v) is 6.81. The van der Waals surface area contributed by atoms with Gasteiger partial charge in [0.15, 0.2) is 0 Å². The smallest absolute Gasteiger partial charge is 0.204 e. The summed E-state index contributed by atoms with van der Waals surface area (Å²) in [5, 5.41) is 18.0. The number of H-pyrrole nitrogens is 1. The molecule has 7 nitrogen and oxygen atoms in total. The number of benzene rings is 1. The summed E-state index contributed by atoms with van der Waals surface area (Å²) in [6.07, 6.45) is 3.45. The molecule has 4 rings (SSSR count). The van der Waals surface area contributed by atoms with Crippen molar-refractivity contribution in [2.24, 2.45) is 0 Å². The van der Waals surface area contributed by atoms with Crippen LogP contribution in [0, 0.1) is 5.82 Å². The summed E-state index contributed by atoms with van der Waals surface area (Å²) in [6.45, 7) is 0. The van der Waals surface area contributed by atoms with E-state index in [9.17, 15) is 4.39 Å². The first-order chi connectivity index (χ1) is 11.3. The number of hydrogen-bond acceptors (Lipinski definition) is 5. The SMILES string of the molecule is Fc1cc(-c2nn[nH]n2)cc(-n2ccc(-c3ccccn3)n2)c1. The van der Waals surface area contributed by atoms with Crippen LogP contribution in [-0.4, -0.2) is 35.4 Å². The number of rotatable bonds is 3. The van der Waals surface area contributed by atoms with Crippen LogP contribution in [0.3, 0.4) is 0 Å². The molecular weight excluding hydrogens is 297 g/mol. The van der Waals surface area contributed by atoms with E-state index in [4.69, 9.17) is 0 Å². The minimum absolute atomic E-state index is 0.322. The van der Waals surface area contributed by atoms with Gasteiger partial charge in [-0.2, -0.15) is 10.3 Å². The lowest BCUT2D eigenvalue weighted by Gasteiger charge is -2.04. The maximum atomic E-state index is 13.9. The van der Waals surface area contributed by atoms with Gasteiger partial charge in [0.1, 0.15) is 11.5 Å². The highest BCUT2D eigenvalue weighted by Crippen LogP contribution is 2.21. The molecule has 0 aliphatic rings. The molecule has 8 heteroatoms. The van der Waals surface area contributed by atoms with E-state index >= 15 is 0 Å². The van der Waals surface area contributed by atoms with E-state index < -0.39 is 5.82 Å². The standard InChI is InChI=1S/C15H10FN7/c16-11-7-10(15-18-21-22-19-15)8-12(9-11)23-6-4-14(20-23)13-3-1-2-5-17-13/h1-9H,(H,18,19,21,22). The third kappa shape index (κ3) is 2.57. The highest BCUT2D eigenvalue weighted by Gasteiger charge is 2.10. The van der Waals surface area contributed by atoms with Gasteiger partial charge in [0.05, 0.1) is 11.4 Å². The molecule has 4 aromatic rings. The lowest BCUT2D eigenvalue weighted by Crippen LogP contribution is -1.97. The fourth-order valence-corrected chi connectivity index (χ4v) is 2.24. The van der Waals surface area contributed by atoms with Gasteiger partial charge in [-0.3, -0.25) is 4.98 Å². The van der Waals surface area contributed by atoms with Crippen LogP contribution in [0.15, 0.2) is 54.9 Å². The zero-order valence-corrected chi connectivity index (χ0v) is 11.8. The third-order valence-corrected chi connectivity index (χ3v) is 3.27. The second-order valence-electron chi connectivity index (χ2n) is 4.79. The molecule has 0 aliphatic heterocycles. The molecule has 0 fully saturated rings. The largest absolute Gasteiger partial charge is 0.255 e. The molecule has 0 amide bonds. The van der Waals surface area contributed by atoms with Crippen molar-refractivity contribution >= 4 is 0 Å². The summed E-state index contributed by atoms with van der Waals surface area (Å²) in [7, 11) is 0. The van der Waals surface area contributed by atoms with Crippen LogP contribution in [0.2, 0.25) is 0 Å². The number of pyridine rings is 1. The number of nitrogens with one attached hydrogen (secondary N) is 1. The van der Waals surface area contributed by atoms with Crippen LogP contribution < -0.4 is 0 Å². The fraction of sp³-hybridized carbons (Fsp3) is 0. The van der Waals surface area contributed by atoms with Crippen LogP contribution >= 0.6 is 0 Å². The summed E-state index contributed by atoms with van der Waals surface area (Å²) in [6, 6.07) is 11.9. The van der Waals surface area contributed by atoms with Gasteiger partial charge in [-0.25, -0.2) is 9.07 Å². The maximum absolute atomic E-state index is 13.9. The highest BCUT2D eigenvalue weighted by molar-refractivity contribution is 5.59. The van der Waals surface area contributed by atoms with E-state index in [2.05, 4.69) is 30.7 Å². The predicted octanol–water partition coefficient (Wildman–Crippen LogP) is 2.25. The van der Waals surface area contributed by atoms with Crippen molar-refractivity contribution in [1.82, 2.24) is 35.4 Å². The minimum Gasteiger partial charge on any atom is -0.255 e. The van der Waals surface area contributed by atoms with E-state index in [1.807, 2.05) is 24.3 Å². The van der Waals surface area contributed by atoms with Gasteiger partial charge in [0.25, 0.3) is 0 Å². The molecule has 1 N–H and O–H groups in total. The lowest BCUT2D eigenvalue weighted by atomic mass is 10.2. The second-order valence-corrected chi connectivity index (χ2v) is 4.79. The quantitative estimate of drug-likeness (QED) is 0.627. The number of halogens is 1. The van der Waals surface area contributed by atoms with E-state index in [-0.39, 0.29) is 0 Å². The molecule has 0 saturated carbocycles. The van der Waals surface area contributed by atoms with E-state index in [0.29, 0.717) is 22.8 Å². The summed E-state index contributed by atoms with van der Waals surface area (Å²) < 4.78 is 15.5. The average Bonchev–Trinajstić information content (AvgIpc) is 3.27. The Hall–Kier alpha value is -3.42. The van der Waals surface area contributed by atoms with Crippen molar-refractivity contribution in [1.29, 1.82) is 0 Å². The average molecular weight is 307 g/mol. The molecule has 0 aliphatic carbocycles. The molecule has 0 saturated heterocycles. The molecule has 3 heterocycles. The summed E-state index contributed by atoms with van der Waals surface area (Å²) in [4.78, 5) is 4.25. The van der Waals surface area contributed by atoms with Crippen molar-refractivity contribution in [2.75, 3.05) is 0 Å². The lowest BCUT2D eigenvalue weighted by molar-refractivity contribution is 0.626. The number of nitrogens with zero attached hydrogens (tertiary/aromatic N) is 6. The molecule has 23 heavy (non-hydrogen) atoms. The first-order valence-electron chi connectivity index (χ1n) is 6.81. The molecule has 1 aromatic carbocycles. The Morgan fingerprint density at radius 3 is 2.78 bits per heavy atom. The van der Waals surface area contributed by atoms with Crippen LogP contribution in [0.5, 0.6) is 0 Å². The Morgan fingerprint density at radius 2 is 2.00 bits per heavy atom. The Balaban J connectivity index is 1.75. The summed E-state index contributed by atoms with van der Waals surface area (Å²) >= 11 is 0. The van der Waals surface area contributed by atoms with Crippen molar-refractivity contribution in [3.8, 4) is 28.5 Å². The molecule has 112 valence electrons. The van der Waals surface area contributed by atoms with Crippen molar-refractivity contribution < 1.29 is 4.39 Å². The Kier molecular flexibility index (Phi) is 3.12. The van der Waals surface area contributed by atoms with Crippen molar-refractivity contribution in [2.45, 2.75) is 0 Å². The second kappa shape index (κ2) is 5.41. The Labute approximate surface area is 129 Å². The monoisotopic (exact) mass is 307 g/mol. The van der Waals surface area contributed by atoms with Crippen LogP contribution in [0.1, 0.15) is 0 Å². The van der Waals surface area contributed by atoms with Gasteiger partial charge in [0.2, 0.25) is 5.82 Å². The number of aromatic nitrogens is 7. The van der Waals surface area contributed by atoms with Gasteiger partial charge in [-0.1, -0.05) is 6.07 Å². The number of hydrogen-bond donors (Lipinski definition) is 1. The summed E-state index contributed by atoms with van der Waals surface area (Å²) in [5.41, 5.74) is 2.53. The zero-order valence-electron chi connectivity index (χ0n) is 11.8. The highest BCUT2D eigenvalue weighted by atomic mass is 19.1. The predicted molar refractivity (Wildman–Crippen MR) is 79.9 cm³/mol. The number of tetrazole rings is 1. The molecule has 0 spiro atoms. The zero-order chi connectivity index (χ0) is 15.6. The van der Waals surface area contributed by atoms with Crippen molar-refractivity contribution in [3.05, 3.63) is 60.7 Å². The van der Waals surface area contributed by atoms with Crippen molar-refractivity contribution in [3.63, 3.8) is 0 Å². The molecule has 0 atom stereocenters. The molecule has 0 bridgehead atoms. The molecular formula is C15H10FN7. The third-order valence-electron chi connectivity index (χ3n) is 3.27. The van der Waals surface area contributed by atoms with Gasteiger partial charge in [0, 0.05) is 18.0 Å². The van der Waals surface area contributed by atoms with Gasteiger partial charge < -0.3 is 0 Å². The Bertz CT molecular complexity index is 932. The normalized spacial score (nSPS) is 10.8. The van der Waals surface area contributed by atoms with Crippen LogP contribution in [-0.2, 0) is 0 Å². The van der Waals surface area contributed by atoms with Gasteiger partial charge >= 0.3 is 0 Å². The minimum atomic E-state index is -0.405. The molecule has 3 aromatic heterocycles. The Morgan fingerprint density at radius 1 is 1.04 bits per heavy atom. The fourth-order valence-electron chi connectivity index (χ4n) is 2.24. The van der Waals surface area contributed by atoms with E-state index in [0.717, 1.165) is 5.69 Å². The van der Waals surface area contributed by atoms with Gasteiger partial charge in [-0.05, 0) is 41.6 Å². The van der Waals surface area contributed by atoms with Crippen LogP contribution in [0.4, 0.5) is 4.39 Å². The molecule has 0 radical (unpaired) electrons. The molecule has 0 unspecified atom stereocenters. The summed E-state index contributed by atoms with van der Waals surface area (Å²) in [5.74, 6) is -0.0833. The number of aromatic amines is 1. The van der Waals surface area contributed by atoms with E-state index in [1.165, 1.54) is 12.1 Å². The van der Waals surface area contributed by atoms with Crippen LogP contribution in [0.25, 0.3) is 28.5 Å². The topological polar surface area (TPSA) is 85.2 Å². The first kappa shape index (κ1) is 13.3. The van der Waals surface area contributed by atoms with E-state index in [1.54, 1.807) is 23.1 Å². The van der Waals surface area contributed by atoms with Gasteiger partial charge in [-0.15, -0.1) is 10.2 Å². The maximum Gasteiger partial charge on any atom is 0.204 e.